The maximum atomic E-state index is 11.4. The number of rotatable bonds is 6. The van der Waals surface area contributed by atoms with Crippen molar-refractivity contribution in [2.45, 2.75) is 40.0 Å². The second-order valence-corrected chi connectivity index (χ2v) is 3.11. The van der Waals surface area contributed by atoms with Gasteiger partial charge in [0.15, 0.2) is 5.78 Å². The van der Waals surface area contributed by atoms with E-state index in [1.54, 1.807) is 13.8 Å². The van der Waals surface area contributed by atoms with Crippen LogP contribution in [0, 0.1) is 0 Å². The molecule has 0 fully saturated rings. The average Bonchev–Trinajstić information content (AvgIpc) is 2.14. The molecule has 0 aromatic carbocycles. The maximum Gasteiger partial charge on any atom is 0.331 e. The third kappa shape index (κ3) is 5.51. The summed E-state index contributed by atoms with van der Waals surface area (Å²) < 4.78 is 4.70. The second kappa shape index (κ2) is 7.30. The Morgan fingerprint density at radius 2 is 1.93 bits per heavy atom. The number of unbranched alkanes of at least 4 members (excludes halogenated alkanes) is 1. The van der Waals surface area contributed by atoms with Crippen LogP contribution in [0.3, 0.4) is 0 Å². The SMILES string of the molecule is CCCCC(=O)/C(C)=C/C(=O)OCC. The van der Waals surface area contributed by atoms with Gasteiger partial charge in [-0.3, -0.25) is 4.79 Å². The summed E-state index contributed by atoms with van der Waals surface area (Å²) in [5.74, 6) is -0.408. The molecule has 0 aromatic rings. The number of ether oxygens (including phenoxy) is 1. The Labute approximate surface area is 85.1 Å². The fraction of sp³-hybridized carbons (Fsp3) is 0.636. The molecule has 0 aromatic heterocycles. The van der Waals surface area contributed by atoms with Crippen LogP contribution < -0.4 is 0 Å². The molecule has 0 aliphatic carbocycles. The first-order valence-electron chi connectivity index (χ1n) is 5.00. The van der Waals surface area contributed by atoms with Crippen LogP contribution in [0.4, 0.5) is 0 Å². The van der Waals surface area contributed by atoms with Gasteiger partial charge in [-0.25, -0.2) is 4.79 Å². The number of esters is 1. The Kier molecular flexibility index (Phi) is 6.72. The molecule has 0 rings (SSSR count). The van der Waals surface area contributed by atoms with Crippen molar-refractivity contribution in [2.75, 3.05) is 6.61 Å². The lowest BCUT2D eigenvalue weighted by Crippen LogP contribution is -2.05. The zero-order chi connectivity index (χ0) is 11.0. The maximum absolute atomic E-state index is 11.4. The van der Waals surface area contributed by atoms with Gasteiger partial charge in [0.05, 0.1) is 6.61 Å². The fourth-order valence-electron chi connectivity index (χ4n) is 0.976. The molecule has 0 heterocycles. The zero-order valence-corrected chi connectivity index (χ0v) is 9.13. The molecule has 14 heavy (non-hydrogen) atoms. The van der Waals surface area contributed by atoms with E-state index in [-0.39, 0.29) is 5.78 Å². The van der Waals surface area contributed by atoms with Gasteiger partial charge >= 0.3 is 5.97 Å². The highest BCUT2D eigenvalue weighted by atomic mass is 16.5. The summed E-state index contributed by atoms with van der Waals surface area (Å²) in [4.78, 5) is 22.3. The van der Waals surface area contributed by atoms with Crippen LogP contribution in [-0.4, -0.2) is 18.4 Å². The smallest absolute Gasteiger partial charge is 0.331 e. The number of hydrogen-bond acceptors (Lipinski definition) is 3. The van der Waals surface area contributed by atoms with Crippen LogP contribution >= 0.6 is 0 Å². The number of hydrogen-bond donors (Lipinski definition) is 0. The van der Waals surface area contributed by atoms with Gasteiger partial charge in [0, 0.05) is 12.5 Å². The monoisotopic (exact) mass is 198 g/mol. The van der Waals surface area contributed by atoms with E-state index >= 15 is 0 Å². The van der Waals surface area contributed by atoms with E-state index in [1.165, 1.54) is 6.08 Å². The highest BCUT2D eigenvalue weighted by molar-refractivity contribution is 6.00. The summed E-state index contributed by atoms with van der Waals surface area (Å²) in [5.41, 5.74) is 0.483. The molecule has 3 nitrogen and oxygen atoms in total. The van der Waals surface area contributed by atoms with Crippen molar-refractivity contribution in [3.05, 3.63) is 11.6 Å². The number of carbonyl (C=O) groups excluding carboxylic acids is 2. The molecule has 0 saturated heterocycles. The molecule has 0 spiro atoms. The molecule has 0 bridgehead atoms. The summed E-state index contributed by atoms with van der Waals surface area (Å²) in [6.07, 6.45) is 3.63. The minimum atomic E-state index is -0.435. The predicted octanol–water partition coefficient (Wildman–Crippen LogP) is 2.26. The average molecular weight is 198 g/mol. The highest BCUT2D eigenvalue weighted by Crippen LogP contribution is 2.04. The third-order valence-corrected chi connectivity index (χ3v) is 1.82. The molecule has 0 radical (unpaired) electrons. The van der Waals surface area contributed by atoms with E-state index in [0.29, 0.717) is 18.6 Å². The molecule has 0 atom stereocenters. The largest absolute Gasteiger partial charge is 0.463 e. The lowest BCUT2D eigenvalue weighted by Gasteiger charge is -2.00. The molecule has 80 valence electrons. The Bertz CT molecular complexity index is 229. The van der Waals surface area contributed by atoms with Crippen LogP contribution in [0.25, 0.3) is 0 Å². The molecule has 0 saturated carbocycles. The van der Waals surface area contributed by atoms with Gasteiger partial charge in [0.1, 0.15) is 0 Å². The van der Waals surface area contributed by atoms with Gasteiger partial charge in [-0.2, -0.15) is 0 Å². The summed E-state index contributed by atoms with van der Waals surface area (Å²) in [6, 6.07) is 0. The van der Waals surface area contributed by atoms with Crippen LogP contribution in [0.2, 0.25) is 0 Å². The normalized spacial score (nSPS) is 11.2. The van der Waals surface area contributed by atoms with Crippen molar-refractivity contribution >= 4 is 11.8 Å². The van der Waals surface area contributed by atoms with Crippen LogP contribution in [0.15, 0.2) is 11.6 Å². The molecule has 0 unspecified atom stereocenters. The van der Waals surface area contributed by atoms with Gasteiger partial charge < -0.3 is 4.74 Å². The molecule has 3 heteroatoms. The molecule has 0 N–H and O–H groups in total. The van der Waals surface area contributed by atoms with Crippen LogP contribution in [0.5, 0.6) is 0 Å². The van der Waals surface area contributed by atoms with E-state index in [1.807, 2.05) is 6.92 Å². The standard InChI is InChI=1S/C11H18O3/c1-4-6-7-10(12)9(3)8-11(13)14-5-2/h8H,4-7H2,1-3H3/b9-8+. The van der Waals surface area contributed by atoms with Gasteiger partial charge in [0.2, 0.25) is 0 Å². The Morgan fingerprint density at radius 1 is 1.29 bits per heavy atom. The lowest BCUT2D eigenvalue weighted by molar-refractivity contribution is -0.137. The predicted molar refractivity (Wildman–Crippen MR) is 54.9 cm³/mol. The third-order valence-electron chi connectivity index (χ3n) is 1.82. The number of allylic oxidation sites excluding steroid dienone is 1. The van der Waals surface area contributed by atoms with Crippen molar-refractivity contribution in [1.29, 1.82) is 0 Å². The summed E-state index contributed by atoms with van der Waals surface area (Å²) in [7, 11) is 0. The van der Waals surface area contributed by atoms with Crippen molar-refractivity contribution in [2.24, 2.45) is 0 Å². The Balaban J connectivity index is 4.08. The van der Waals surface area contributed by atoms with Crippen molar-refractivity contribution in [3.8, 4) is 0 Å². The van der Waals surface area contributed by atoms with Crippen molar-refractivity contribution in [3.63, 3.8) is 0 Å². The molecule has 0 aliphatic rings. The van der Waals surface area contributed by atoms with Gasteiger partial charge in [0.25, 0.3) is 0 Å². The fourth-order valence-corrected chi connectivity index (χ4v) is 0.976. The quantitative estimate of drug-likeness (QED) is 0.485. The molecular weight excluding hydrogens is 180 g/mol. The van der Waals surface area contributed by atoms with Crippen LogP contribution in [-0.2, 0) is 14.3 Å². The van der Waals surface area contributed by atoms with Crippen molar-refractivity contribution in [1.82, 2.24) is 0 Å². The van der Waals surface area contributed by atoms with E-state index in [4.69, 9.17) is 4.74 Å². The molecule has 0 amide bonds. The number of Topliss-reactive ketones (excluding diaryl/α,β-unsaturated/α-hetero) is 1. The van der Waals surface area contributed by atoms with E-state index < -0.39 is 5.97 Å². The van der Waals surface area contributed by atoms with E-state index in [2.05, 4.69) is 0 Å². The van der Waals surface area contributed by atoms with E-state index in [0.717, 1.165) is 12.8 Å². The first kappa shape index (κ1) is 12.9. The first-order valence-corrected chi connectivity index (χ1v) is 5.00. The Hall–Kier alpha value is -1.12. The van der Waals surface area contributed by atoms with Gasteiger partial charge in [-0.15, -0.1) is 0 Å². The summed E-state index contributed by atoms with van der Waals surface area (Å²) in [5, 5.41) is 0. The summed E-state index contributed by atoms with van der Waals surface area (Å²) in [6.45, 7) is 5.75. The number of ketones is 1. The minimum absolute atomic E-state index is 0.0277. The number of carbonyl (C=O) groups is 2. The second-order valence-electron chi connectivity index (χ2n) is 3.11. The van der Waals surface area contributed by atoms with Gasteiger partial charge in [-0.05, 0) is 25.8 Å². The highest BCUT2D eigenvalue weighted by Gasteiger charge is 2.06. The topological polar surface area (TPSA) is 43.4 Å². The first-order chi connectivity index (χ1) is 6.61. The van der Waals surface area contributed by atoms with Crippen LogP contribution in [0.1, 0.15) is 40.0 Å². The van der Waals surface area contributed by atoms with E-state index in [9.17, 15) is 9.59 Å². The Morgan fingerprint density at radius 3 is 2.43 bits per heavy atom. The lowest BCUT2D eigenvalue weighted by atomic mass is 10.1. The van der Waals surface area contributed by atoms with Gasteiger partial charge in [-0.1, -0.05) is 13.3 Å². The summed E-state index contributed by atoms with van der Waals surface area (Å²) >= 11 is 0. The zero-order valence-electron chi connectivity index (χ0n) is 9.13. The molecular formula is C11H18O3. The minimum Gasteiger partial charge on any atom is -0.463 e. The van der Waals surface area contributed by atoms with Crippen molar-refractivity contribution < 1.29 is 14.3 Å². The molecule has 0 aliphatic heterocycles.